The Bertz CT molecular complexity index is 704. The Morgan fingerprint density at radius 1 is 1.20 bits per heavy atom. The molecule has 1 amide bonds. The van der Waals surface area contributed by atoms with Gasteiger partial charge < -0.3 is 20.2 Å². The highest BCUT2D eigenvalue weighted by molar-refractivity contribution is 5.51. The van der Waals surface area contributed by atoms with Gasteiger partial charge >= 0.3 is 0 Å². The normalized spacial score (nSPS) is 15.8. The Morgan fingerprint density at radius 3 is 2.60 bits per heavy atom. The lowest BCUT2D eigenvalue weighted by Gasteiger charge is -2.33. The van der Waals surface area contributed by atoms with Crippen molar-refractivity contribution in [2.75, 3.05) is 42.9 Å². The fraction of sp³-hybridized carbons (Fsp3) is 0.353. The lowest BCUT2D eigenvalue weighted by atomic mass is 10.1. The highest BCUT2D eigenvalue weighted by Crippen LogP contribution is 2.18. The second-order valence-electron chi connectivity index (χ2n) is 5.84. The van der Waals surface area contributed by atoms with Gasteiger partial charge in [0.25, 0.3) is 0 Å². The lowest BCUT2D eigenvalue weighted by molar-refractivity contribution is -0.118. The summed E-state index contributed by atoms with van der Waals surface area (Å²) < 4.78 is 12.9. The van der Waals surface area contributed by atoms with E-state index in [1.165, 1.54) is 18.5 Å². The van der Waals surface area contributed by atoms with Gasteiger partial charge in [-0.2, -0.15) is 0 Å². The third-order valence-corrected chi connectivity index (χ3v) is 4.17. The van der Waals surface area contributed by atoms with E-state index in [1.807, 2.05) is 6.07 Å². The van der Waals surface area contributed by atoms with Gasteiger partial charge in [0.15, 0.2) is 0 Å². The van der Waals surface area contributed by atoms with Crippen LogP contribution in [0.1, 0.15) is 11.7 Å². The van der Waals surface area contributed by atoms with Crippen molar-refractivity contribution in [2.45, 2.75) is 6.10 Å². The molecule has 0 spiro atoms. The molecule has 1 saturated heterocycles. The highest BCUT2D eigenvalue weighted by Gasteiger charge is 2.17. The molecule has 0 aliphatic carbocycles. The number of amides is 1. The van der Waals surface area contributed by atoms with Gasteiger partial charge in [-0.05, 0) is 17.7 Å². The summed E-state index contributed by atoms with van der Waals surface area (Å²) in [6.07, 6.45) is 1.56. The molecule has 25 heavy (non-hydrogen) atoms. The van der Waals surface area contributed by atoms with Crippen LogP contribution in [0, 0.1) is 5.82 Å². The highest BCUT2D eigenvalue weighted by atomic mass is 19.1. The first-order valence-corrected chi connectivity index (χ1v) is 8.09. The van der Waals surface area contributed by atoms with E-state index in [4.69, 9.17) is 0 Å². The minimum Gasteiger partial charge on any atom is -0.387 e. The molecule has 2 heterocycles. The van der Waals surface area contributed by atoms with Crippen molar-refractivity contribution in [3.8, 4) is 0 Å². The maximum Gasteiger partial charge on any atom is 0.209 e. The number of carbonyl (C=O) groups is 1. The molecule has 2 N–H and O–H groups in total. The van der Waals surface area contributed by atoms with Crippen LogP contribution in [0.4, 0.5) is 16.0 Å². The predicted molar refractivity (Wildman–Crippen MR) is 91.7 cm³/mol. The van der Waals surface area contributed by atoms with Crippen LogP contribution in [0.2, 0.25) is 0 Å². The Hall–Kier alpha value is -2.74. The minimum absolute atomic E-state index is 0.251. The fourth-order valence-electron chi connectivity index (χ4n) is 2.68. The number of hydrogen-bond donors (Lipinski definition) is 2. The molecule has 3 rings (SSSR count). The Balaban J connectivity index is 1.58. The van der Waals surface area contributed by atoms with Crippen LogP contribution in [0.25, 0.3) is 0 Å². The number of carbonyl (C=O) groups excluding carboxylic acids is 1. The number of aromatic nitrogens is 2. The van der Waals surface area contributed by atoms with Crippen LogP contribution in [-0.4, -0.2) is 59.1 Å². The third kappa shape index (κ3) is 4.42. The van der Waals surface area contributed by atoms with Crippen LogP contribution in [0.5, 0.6) is 0 Å². The summed E-state index contributed by atoms with van der Waals surface area (Å²) in [6.45, 7) is 3.01. The molecule has 8 heteroatoms. The number of piperazine rings is 1. The van der Waals surface area contributed by atoms with E-state index < -0.39 is 6.10 Å². The fourth-order valence-corrected chi connectivity index (χ4v) is 2.68. The zero-order valence-electron chi connectivity index (χ0n) is 13.7. The van der Waals surface area contributed by atoms with Crippen LogP contribution < -0.4 is 10.2 Å². The van der Waals surface area contributed by atoms with Gasteiger partial charge in [-0.15, -0.1) is 0 Å². The summed E-state index contributed by atoms with van der Waals surface area (Å²) in [7, 11) is 0. The number of halogens is 1. The summed E-state index contributed by atoms with van der Waals surface area (Å²) in [5.41, 5.74) is 0.633. The Kier molecular flexibility index (Phi) is 5.39. The maximum absolute atomic E-state index is 12.9. The molecule has 1 atom stereocenters. The molecule has 1 unspecified atom stereocenters. The van der Waals surface area contributed by atoms with Gasteiger partial charge in [0.05, 0.1) is 6.10 Å². The third-order valence-electron chi connectivity index (χ3n) is 4.17. The molecule has 1 aromatic heterocycles. The van der Waals surface area contributed by atoms with Crippen molar-refractivity contribution in [2.24, 2.45) is 0 Å². The van der Waals surface area contributed by atoms with Gasteiger partial charge in [0.2, 0.25) is 6.41 Å². The van der Waals surface area contributed by atoms with Crippen molar-refractivity contribution in [1.29, 1.82) is 0 Å². The molecule has 7 nitrogen and oxygen atoms in total. The standard InChI is InChI=1S/C17H20FN5O2/c18-14-3-1-13(2-4-14)15(25)10-19-16-9-17(21-11-20-16)23-7-5-22(12-24)6-8-23/h1-4,9,11-12,15,25H,5-8,10H2,(H,19,20,21). The number of aliphatic hydroxyl groups excluding tert-OH is 1. The average Bonchev–Trinajstić information content (AvgIpc) is 2.67. The van der Waals surface area contributed by atoms with Crippen molar-refractivity contribution in [3.63, 3.8) is 0 Å². The quantitative estimate of drug-likeness (QED) is 0.762. The number of nitrogens with zero attached hydrogens (tertiary/aromatic N) is 4. The number of aliphatic hydroxyl groups is 1. The summed E-state index contributed by atoms with van der Waals surface area (Å²) in [6, 6.07) is 7.56. The zero-order valence-corrected chi connectivity index (χ0v) is 13.7. The number of anilines is 2. The van der Waals surface area contributed by atoms with Gasteiger partial charge in [0.1, 0.15) is 23.8 Å². The molecule has 1 fully saturated rings. The van der Waals surface area contributed by atoms with Crippen LogP contribution in [0.3, 0.4) is 0 Å². The van der Waals surface area contributed by atoms with E-state index in [-0.39, 0.29) is 12.4 Å². The van der Waals surface area contributed by atoms with Crippen molar-refractivity contribution < 1.29 is 14.3 Å². The van der Waals surface area contributed by atoms with Gasteiger partial charge in [-0.25, -0.2) is 14.4 Å². The first-order chi connectivity index (χ1) is 12.2. The number of rotatable bonds is 6. The summed E-state index contributed by atoms with van der Waals surface area (Å²) in [5.74, 6) is 1.04. The van der Waals surface area contributed by atoms with E-state index in [2.05, 4.69) is 20.2 Å². The Morgan fingerprint density at radius 2 is 1.92 bits per heavy atom. The second-order valence-corrected chi connectivity index (χ2v) is 5.84. The predicted octanol–water partition coefficient (Wildman–Crippen LogP) is 1.04. The van der Waals surface area contributed by atoms with E-state index in [9.17, 15) is 14.3 Å². The minimum atomic E-state index is -0.768. The van der Waals surface area contributed by atoms with E-state index in [0.717, 1.165) is 12.2 Å². The molecule has 0 radical (unpaired) electrons. The van der Waals surface area contributed by atoms with E-state index in [1.54, 1.807) is 17.0 Å². The van der Waals surface area contributed by atoms with Crippen LogP contribution in [0.15, 0.2) is 36.7 Å². The first kappa shape index (κ1) is 17.1. The van der Waals surface area contributed by atoms with Crippen LogP contribution in [-0.2, 0) is 4.79 Å². The maximum atomic E-state index is 12.9. The van der Waals surface area contributed by atoms with Gasteiger partial charge in [-0.1, -0.05) is 12.1 Å². The molecule has 2 aromatic rings. The van der Waals surface area contributed by atoms with Crippen molar-refractivity contribution in [3.05, 3.63) is 48.0 Å². The van der Waals surface area contributed by atoms with Gasteiger partial charge in [0, 0.05) is 38.8 Å². The van der Waals surface area contributed by atoms with E-state index in [0.29, 0.717) is 37.6 Å². The zero-order chi connectivity index (χ0) is 17.6. The molecule has 1 aliphatic heterocycles. The molecule has 132 valence electrons. The average molecular weight is 345 g/mol. The summed E-state index contributed by atoms with van der Waals surface area (Å²) in [4.78, 5) is 23.0. The SMILES string of the molecule is O=CN1CCN(c2cc(NCC(O)c3ccc(F)cc3)ncn2)CC1. The second kappa shape index (κ2) is 7.89. The largest absolute Gasteiger partial charge is 0.387 e. The molecule has 0 saturated carbocycles. The van der Waals surface area contributed by atoms with Gasteiger partial charge in [-0.3, -0.25) is 4.79 Å². The molecule has 0 bridgehead atoms. The molecular weight excluding hydrogens is 325 g/mol. The Labute approximate surface area is 145 Å². The van der Waals surface area contributed by atoms with Crippen molar-refractivity contribution in [1.82, 2.24) is 14.9 Å². The smallest absolute Gasteiger partial charge is 0.209 e. The number of nitrogens with one attached hydrogen (secondary N) is 1. The summed E-state index contributed by atoms with van der Waals surface area (Å²) >= 11 is 0. The molecular formula is C17H20FN5O2. The molecule has 1 aromatic carbocycles. The molecule has 1 aliphatic rings. The number of benzene rings is 1. The van der Waals surface area contributed by atoms with Crippen LogP contribution >= 0.6 is 0 Å². The van der Waals surface area contributed by atoms with Crippen molar-refractivity contribution >= 4 is 18.0 Å². The lowest BCUT2D eigenvalue weighted by Crippen LogP contribution is -2.46. The summed E-state index contributed by atoms with van der Waals surface area (Å²) in [5, 5.41) is 13.2. The monoisotopic (exact) mass is 345 g/mol. The van der Waals surface area contributed by atoms with E-state index >= 15 is 0 Å². The number of hydrogen-bond acceptors (Lipinski definition) is 6. The topological polar surface area (TPSA) is 81.6 Å². The first-order valence-electron chi connectivity index (χ1n) is 8.09.